The van der Waals surface area contributed by atoms with Crippen molar-refractivity contribution in [2.24, 2.45) is 0 Å². The molecule has 122 valence electrons. The number of hydrogen-bond donors (Lipinski definition) is 1. The van der Waals surface area contributed by atoms with Crippen LogP contribution in [0.1, 0.15) is 28.9 Å². The van der Waals surface area contributed by atoms with Crippen molar-refractivity contribution in [1.82, 2.24) is 5.32 Å². The molecule has 2 aromatic carbocycles. The highest BCUT2D eigenvalue weighted by molar-refractivity contribution is 5.94. The van der Waals surface area contributed by atoms with Crippen molar-refractivity contribution in [2.75, 3.05) is 7.11 Å². The molecule has 0 bridgehead atoms. The maximum Gasteiger partial charge on any atom is 0.387 e. The van der Waals surface area contributed by atoms with Crippen molar-refractivity contribution in [1.29, 1.82) is 0 Å². The lowest BCUT2D eigenvalue weighted by atomic mass is 10.1. The Bertz CT molecular complexity index is 642. The molecule has 0 aliphatic carbocycles. The second kappa shape index (κ2) is 7.58. The zero-order valence-corrected chi connectivity index (χ0v) is 12.8. The van der Waals surface area contributed by atoms with Crippen LogP contribution in [-0.2, 0) is 0 Å². The number of alkyl halides is 2. The number of ether oxygens (including phenoxy) is 2. The van der Waals surface area contributed by atoms with Gasteiger partial charge in [-0.3, -0.25) is 4.79 Å². The first-order chi connectivity index (χ1) is 11.0. The van der Waals surface area contributed by atoms with Crippen LogP contribution in [0.3, 0.4) is 0 Å². The van der Waals surface area contributed by atoms with Gasteiger partial charge in [0.2, 0.25) is 0 Å². The average molecular weight is 321 g/mol. The smallest absolute Gasteiger partial charge is 0.387 e. The Labute approximate surface area is 133 Å². The van der Waals surface area contributed by atoms with Crippen LogP contribution in [0.2, 0.25) is 0 Å². The Morgan fingerprint density at radius 3 is 2.09 bits per heavy atom. The minimum Gasteiger partial charge on any atom is -0.497 e. The largest absolute Gasteiger partial charge is 0.497 e. The summed E-state index contributed by atoms with van der Waals surface area (Å²) in [6, 6.07) is 12.6. The molecular formula is C17H17F2NO3. The molecule has 0 aromatic heterocycles. The van der Waals surface area contributed by atoms with Gasteiger partial charge in [0, 0.05) is 5.56 Å². The van der Waals surface area contributed by atoms with Gasteiger partial charge in [-0.1, -0.05) is 12.1 Å². The van der Waals surface area contributed by atoms with Crippen molar-refractivity contribution >= 4 is 5.91 Å². The molecule has 6 heteroatoms. The fourth-order valence-corrected chi connectivity index (χ4v) is 2.04. The van der Waals surface area contributed by atoms with E-state index in [1.54, 1.807) is 43.5 Å². The number of carbonyl (C=O) groups is 1. The summed E-state index contributed by atoms with van der Waals surface area (Å²) in [6.45, 7) is -1.04. The lowest BCUT2D eigenvalue weighted by molar-refractivity contribution is -0.0498. The minimum absolute atomic E-state index is 0.0810. The molecule has 1 N–H and O–H groups in total. The van der Waals surface area contributed by atoms with Crippen molar-refractivity contribution in [3.8, 4) is 11.5 Å². The van der Waals surface area contributed by atoms with E-state index >= 15 is 0 Å². The van der Waals surface area contributed by atoms with Gasteiger partial charge in [-0.05, 0) is 48.9 Å². The maximum atomic E-state index is 12.2. The Kier molecular flexibility index (Phi) is 5.51. The van der Waals surface area contributed by atoms with Gasteiger partial charge in [0.05, 0.1) is 13.2 Å². The lowest BCUT2D eigenvalue weighted by Crippen LogP contribution is -2.26. The third-order valence-electron chi connectivity index (χ3n) is 3.31. The van der Waals surface area contributed by atoms with Crippen LogP contribution in [0.15, 0.2) is 48.5 Å². The summed E-state index contributed by atoms with van der Waals surface area (Å²) in [5.41, 5.74) is 1.30. The number of methoxy groups -OCH3 is 1. The average Bonchev–Trinajstić information content (AvgIpc) is 2.55. The van der Waals surface area contributed by atoms with Gasteiger partial charge in [0.25, 0.3) is 5.91 Å². The van der Waals surface area contributed by atoms with Gasteiger partial charge >= 0.3 is 6.61 Å². The van der Waals surface area contributed by atoms with E-state index in [1.165, 1.54) is 12.1 Å². The first-order valence-corrected chi connectivity index (χ1v) is 6.99. The standard InChI is InChI=1S/C17H17F2NO3/c1-11(12-3-9-15(10-4-12)23-17(18)19)20-16(21)13-5-7-14(22-2)8-6-13/h3-11,17H,1-2H3,(H,20,21). The number of hydrogen-bond acceptors (Lipinski definition) is 3. The highest BCUT2D eigenvalue weighted by atomic mass is 19.3. The van der Waals surface area contributed by atoms with Gasteiger partial charge in [-0.25, -0.2) is 0 Å². The van der Waals surface area contributed by atoms with E-state index in [0.29, 0.717) is 11.3 Å². The monoisotopic (exact) mass is 321 g/mol. The van der Waals surface area contributed by atoms with Gasteiger partial charge in [0.1, 0.15) is 11.5 Å². The molecule has 2 aromatic rings. The van der Waals surface area contributed by atoms with E-state index in [-0.39, 0.29) is 17.7 Å². The Hall–Kier alpha value is -2.63. The summed E-state index contributed by atoms with van der Waals surface area (Å²) in [7, 11) is 1.55. The molecule has 0 fully saturated rings. The lowest BCUT2D eigenvalue weighted by Gasteiger charge is -2.15. The normalized spacial score (nSPS) is 11.9. The van der Waals surface area contributed by atoms with Gasteiger partial charge < -0.3 is 14.8 Å². The fraction of sp³-hybridized carbons (Fsp3) is 0.235. The summed E-state index contributed by atoms with van der Waals surface area (Å²) in [5, 5.41) is 2.84. The highest BCUT2D eigenvalue weighted by Gasteiger charge is 2.12. The number of nitrogens with one attached hydrogen (secondary N) is 1. The summed E-state index contributed by atoms with van der Waals surface area (Å²) in [4.78, 5) is 12.2. The molecule has 0 aliphatic rings. The summed E-state index contributed by atoms with van der Waals surface area (Å²) >= 11 is 0. The molecule has 2 rings (SSSR count). The molecule has 0 radical (unpaired) electrons. The molecule has 1 amide bonds. The third-order valence-corrected chi connectivity index (χ3v) is 3.31. The predicted octanol–water partition coefficient (Wildman–Crippen LogP) is 3.79. The molecule has 4 nitrogen and oxygen atoms in total. The van der Waals surface area contributed by atoms with E-state index in [9.17, 15) is 13.6 Å². The Balaban J connectivity index is 1.99. The molecule has 0 saturated carbocycles. The van der Waals surface area contributed by atoms with E-state index in [0.717, 1.165) is 5.56 Å². The molecule has 0 saturated heterocycles. The number of carbonyl (C=O) groups excluding carboxylic acids is 1. The van der Waals surface area contributed by atoms with Crippen molar-refractivity contribution in [3.05, 3.63) is 59.7 Å². The van der Waals surface area contributed by atoms with Gasteiger partial charge in [-0.15, -0.1) is 0 Å². The van der Waals surface area contributed by atoms with Gasteiger partial charge in [0.15, 0.2) is 0 Å². The molecule has 0 heterocycles. The third kappa shape index (κ3) is 4.67. The number of rotatable bonds is 6. The van der Waals surface area contributed by atoms with Crippen molar-refractivity contribution < 1.29 is 23.0 Å². The molecule has 1 atom stereocenters. The second-order valence-corrected chi connectivity index (χ2v) is 4.87. The van der Waals surface area contributed by atoms with Crippen LogP contribution >= 0.6 is 0 Å². The van der Waals surface area contributed by atoms with E-state index in [2.05, 4.69) is 10.1 Å². The van der Waals surface area contributed by atoms with Crippen LogP contribution in [0.5, 0.6) is 11.5 Å². The van der Waals surface area contributed by atoms with Crippen LogP contribution in [0.25, 0.3) is 0 Å². The SMILES string of the molecule is COc1ccc(C(=O)NC(C)c2ccc(OC(F)F)cc2)cc1. The van der Waals surface area contributed by atoms with Crippen LogP contribution < -0.4 is 14.8 Å². The summed E-state index contributed by atoms with van der Waals surface area (Å²) in [6.07, 6.45) is 0. The van der Waals surface area contributed by atoms with E-state index in [4.69, 9.17) is 4.74 Å². The molecule has 0 aliphatic heterocycles. The summed E-state index contributed by atoms with van der Waals surface area (Å²) < 4.78 is 33.5. The topological polar surface area (TPSA) is 47.6 Å². The van der Waals surface area contributed by atoms with Gasteiger partial charge in [-0.2, -0.15) is 8.78 Å². The fourth-order valence-electron chi connectivity index (χ4n) is 2.04. The Morgan fingerprint density at radius 2 is 1.57 bits per heavy atom. The quantitative estimate of drug-likeness (QED) is 0.880. The second-order valence-electron chi connectivity index (χ2n) is 4.87. The molecule has 23 heavy (non-hydrogen) atoms. The maximum absolute atomic E-state index is 12.2. The zero-order valence-electron chi connectivity index (χ0n) is 12.8. The zero-order chi connectivity index (χ0) is 16.8. The molecule has 1 unspecified atom stereocenters. The minimum atomic E-state index is -2.85. The number of amides is 1. The van der Waals surface area contributed by atoms with Crippen LogP contribution in [0.4, 0.5) is 8.78 Å². The number of benzene rings is 2. The molecule has 0 spiro atoms. The first-order valence-electron chi connectivity index (χ1n) is 6.99. The van der Waals surface area contributed by atoms with Crippen LogP contribution in [-0.4, -0.2) is 19.6 Å². The van der Waals surface area contributed by atoms with Crippen molar-refractivity contribution in [3.63, 3.8) is 0 Å². The van der Waals surface area contributed by atoms with E-state index < -0.39 is 6.61 Å². The highest BCUT2D eigenvalue weighted by Crippen LogP contribution is 2.20. The number of halogens is 2. The predicted molar refractivity (Wildman–Crippen MR) is 81.9 cm³/mol. The van der Waals surface area contributed by atoms with Crippen LogP contribution in [0, 0.1) is 0 Å². The summed E-state index contributed by atoms with van der Waals surface area (Å²) in [5.74, 6) is 0.523. The van der Waals surface area contributed by atoms with E-state index in [1.807, 2.05) is 6.92 Å². The first kappa shape index (κ1) is 16.7. The molecular weight excluding hydrogens is 304 g/mol. The Morgan fingerprint density at radius 1 is 1.00 bits per heavy atom. The van der Waals surface area contributed by atoms with Crippen molar-refractivity contribution in [2.45, 2.75) is 19.6 Å².